The number of hydrogen-bond acceptors (Lipinski definition) is 3. The molecule has 1 saturated heterocycles. The Balaban J connectivity index is 1.59. The molecule has 3 rings (SSSR count). The first-order chi connectivity index (χ1) is 10.2. The second-order valence-electron chi connectivity index (χ2n) is 6.26. The summed E-state index contributed by atoms with van der Waals surface area (Å²) in [6, 6.07) is 9.15. The van der Waals surface area contributed by atoms with Crippen molar-refractivity contribution in [3.8, 4) is 5.75 Å². The Labute approximate surface area is 126 Å². The summed E-state index contributed by atoms with van der Waals surface area (Å²) >= 11 is 0. The molecule has 0 spiro atoms. The molecule has 114 valence electrons. The fraction of sp³-hybridized carbons (Fsp3) is 0.588. The molecule has 0 radical (unpaired) electrons. The van der Waals surface area contributed by atoms with Crippen LogP contribution in [-0.2, 0) is 4.79 Å². The molecule has 2 atom stereocenters. The number of hydrogen-bond donors (Lipinski definition) is 1. The zero-order valence-corrected chi connectivity index (χ0v) is 12.8. The monoisotopic (exact) mass is 288 g/mol. The second-order valence-corrected chi connectivity index (χ2v) is 6.26. The van der Waals surface area contributed by atoms with E-state index in [1.54, 1.807) is 7.11 Å². The first-order valence-electron chi connectivity index (χ1n) is 7.84. The second kappa shape index (κ2) is 6.06. The van der Waals surface area contributed by atoms with Gasteiger partial charge >= 0.3 is 0 Å². The number of carbonyl (C=O) groups is 1. The van der Waals surface area contributed by atoms with E-state index in [4.69, 9.17) is 4.74 Å². The quantitative estimate of drug-likeness (QED) is 0.902. The van der Waals surface area contributed by atoms with E-state index in [0.717, 1.165) is 18.7 Å². The predicted octanol–water partition coefficient (Wildman–Crippen LogP) is 2.15. The van der Waals surface area contributed by atoms with Crippen molar-refractivity contribution in [1.82, 2.24) is 10.2 Å². The van der Waals surface area contributed by atoms with E-state index in [-0.39, 0.29) is 5.91 Å². The third-order valence-electron chi connectivity index (χ3n) is 4.60. The highest BCUT2D eigenvalue weighted by Crippen LogP contribution is 2.32. The first-order valence-corrected chi connectivity index (χ1v) is 7.84. The molecule has 0 aromatic heterocycles. The topological polar surface area (TPSA) is 41.6 Å². The number of likely N-dealkylation sites (tertiary alicyclic amines) is 1. The normalized spacial score (nSPS) is 25.1. The number of amides is 1. The van der Waals surface area contributed by atoms with Gasteiger partial charge in [-0.3, -0.25) is 4.79 Å². The molecule has 1 aromatic carbocycles. The molecule has 1 aromatic rings. The molecule has 1 heterocycles. The molecule has 4 heteroatoms. The van der Waals surface area contributed by atoms with Gasteiger partial charge in [0.25, 0.3) is 0 Å². The number of ether oxygens (including phenoxy) is 1. The highest BCUT2D eigenvalue weighted by Gasteiger charge is 2.33. The van der Waals surface area contributed by atoms with Crippen molar-refractivity contribution in [2.45, 2.75) is 44.2 Å². The highest BCUT2D eigenvalue weighted by molar-refractivity contribution is 5.79. The lowest BCUT2D eigenvalue weighted by molar-refractivity contribution is -0.130. The van der Waals surface area contributed by atoms with E-state index in [2.05, 4.69) is 24.4 Å². The van der Waals surface area contributed by atoms with Crippen molar-refractivity contribution in [1.29, 1.82) is 0 Å². The van der Waals surface area contributed by atoms with Crippen LogP contribution in [0.5, 0.6) is 5.75 Å². The zero-order chi connectivity index (χ0) is 14.8. The van der Waals surface area contributed by atoms with Gasteiger partial charge in [-0.25, -0.2) is 0 Å². The minimum Gasteiger partial charge on any atom is -0.497 e. The molecule has 0 unspecified atom stereocenters. The summed E-state index contributed by atoms with van der Waals surface area (Å²) in [5, 5.41) is 3.32. The SMILES string of the molecule is COc1ccc([C@@H]2C[C@H](C)N(C(=O)CNC3CC3)C2)cc1. The molecule has 2 fully saturated rings. The van der Waals surface area contributed by atoms with Crippen LogP contribution < -0.4 is 10.1 Å². The van der Waals surface area contributed by atoms with Gasteiger partial charge in [0.2, 0.25) is 5.91 Å². The van der Waals surface area contributed by atoms with Gasteiger partial charge in [-0.15, -0.1) is 0 Å². The average molecular weight is 288 g/mol. The minimum atomic E-state index is 0.241. The Morgan fingerprint density at radius 2 is 2.05 bits per heavy atom. The molecular weight excluding hydrogens is 264 g/mol. The number of nitrogens with zero attached hydrogens (tertiary/aromatic N) is 1. The lowest BCUT2D eigenvalue weighted by Gasteiger charge is -2.21. The molecule has 1 saturated carbocycles. The lowest BCUT2D eigenvalue weighted by Crippen LogP contribution is -2.40. The van der Waals surface area contributed by atoms with Gasteiger partial charge in [0.1, 0.15) is 5.75 Å². The maximum atomic E-state index is 12.3. The third kappa shape index (κ3) is 3.38. The highest BCUT2D eigenvalue weighted by atomic mass is 16.5. The summed E-state index contributed by atoms with van der Waals surface area (Å²) < 4.78 is 5.20. The van der Waals surface area contributed by atoms with Crippen LogP contribution in [0.15, 0.2) is 24.3 Å². The third-order valence-corrected chi connectivity index (χ3v) is 4.60. The van der Waals surface area contributed by atoms with Crippen molar-refractivity contribution in [3.63, 3.8) is 0 Å². The summed E-state index contributed by atoms with van der Waals surface area (Å²) in [5.41, 5.74) is 1.30. The van der Waals surface area contributed by atoms with Gasteiger partial charge < -0.3 is 15.0 Å². The molecule has 1 N–H and O–H groups in total. The number of nitrogens with one attached hydrogen (secondary N) is 1. The largest absolute Gasteiger partial charge is 0.497 e. The lowest BCUT2D eigenvalue weighted by atomic mass is 9.97. The average Bonchev–Trinajstić information content (AvgIpc) is 3.26. The number of methoxy groups -OCH3 is 1. The van der Waals surface area contributed by atoms with Gasteiger partial charge in [-0.2, -0.15) is 0 Å². The fourth-order valence-corrected chi connectivity index (χ4v) is 3.12. The molecule has 1 amide bonds. The molecule has 1 aliphatic carbocycles. The van der Waals surface area contributed by atoms with Crippen molar-refractivity contribution in [2.24, 2.45) is 0 Å². The van der Waals surface area contributed by atoms with E-state index in [1.165, 1.54) is 18.4 Å². The molecule has 1 aliphatic heterocycles. The van der Waals surface area contributed by atoms with Crippen LogP contribution in [0.3, 0.4) is 0 Å². The van der Waals surface area contributed by atoms with Crippen LogP contribution in [0.2, 0.25) is 0 Å². The van der Waals surface area contributed by atoms with Crippen molar-refractivity contribution >= 4 is 5.91 Å². The van der Waals surface area contributed by atoms with E-state index in [0.29, 0.717) is 24.5 Å². The fourth-order valence-electron chi connectivity index (χ4n) is 3.12. The van der Waals surface area contributed by atoms with Crippen molar-refractivity contribution in [2.75, 3.05) is 20.2 Å². The van der Waals surface area contributed by atoms with Crippen molar-refractivity contribution < 1.29 is 9.53 Å². The van der Waals surface area contributed by atoms with Crippen LogP contribution in [0.25, 0.3) is 0 Å². The number of rotatable bonds is 5. The Morgan fingerprint density at radius 1 is 1.33 bits per heavy atom. The number of benzene rings is 1. The summed E-state index contributed by atoms with van der Waals surface area (Å²) in [4.78, 5) is 14.3. The van der Waals surface area contributed by atoms with E-state index in [9.17, 15) is 4.79 Å². The standard InChI is InChI=1S/C17H24N2O2/c1-12-9-14(13-3-7-16(21-2)8-4-13)11-19(12)17(20)10-18-15-5-6-15/h3-4,7-8,12,14-15,18H,5-6,9-11H2,1-2H3/t12-,14+/m0/s1. The Bertz CT molecular complexity index is 496. The predicted molar refractivity (Wildman–Crippen MR) is 82.6 cm³/mol. The van der Waals surface area contributed by atoms with E-state index in [1.807, 2.05) is 17.0 Å². The molecule has 0 bridgehead atoms. The van der Waals surface area contributed by atoms with Crippen molar-refractivity contribution in [3.05, 3.63) is 29.8 Å². The smallest absolute Gasteiger partial charge is 0.236 e. The van der Waals surface area contributed by atoms with Crippen LogP contribution >= 0.6 is 0 Å². The zero-order valence-electron chi connectivity index (χ0n) is 12.8. The first kappa shape index (κ1) is 14.4. The van der Waals surface area contributed by atoms with Gasteiger partial charge in [0.05, 0.1) is 13.7 Å². The molecular formula is C17H24N2O2. The Morgan fingerprint density at radius 3 is 2.67 bits per heavy atom. The van der Waals surface area contributed by atoms with E-state index >= 15 is 0 Å². The molecule has 4 nitrogen and oxygen atoms in total. The number of carbonyl (C=O) groups excluding carboxylic acids is 1. The van der Waals surface area contributed by atoms with Crippen LogP contribution in [0, 0.1) is 0 Å². The molecule has 21 heavy (non-hydrogen) atoms. The van der Waals surface area contributed by atoms with Gasteiger partial charge in [-0.1, -0.05) is 12.1 Å². The minimum absolute atomic E-state index is 0.241. The van der Waals surface area contributed by atoms with E-state index < -0.39 is 0 Å². The van der Waals surface area contributed by atoms with Crippen LogP contribution in [0.1, 0.15) is 37.7 Å². The van der Waals surface area contributed by atoms with Crippen LogP contribution in [-0.4, -0.2) is 43.1 Å². The Hall–Kier alpha value is -1.55. The molecule has 2 aliphatic rings. The Kier molecular flexibility index (Phi) is 4.15. The maximum Gasteiger partial charge on any atom is 0.236 e. The summed E-state index contributed by atoms with van der Waals surface area (Å²) in [5.74, 6) is 1.56. The summed E-state index contributed by atoms with van der Waals surface area (Å²) in [6.07, 6.45) is 3.48. The van der Waals surface area contributed by atoms with Gasteiger partial charge in [0, 0.05) is 24.5 Å². The summed E-state index contributed by atoms with van der Waals surface area (Å²) in [6.45, 7) is 3.47. The van der Waals surface area contributed by atoms with Crippen LogP contribution in [0.4, 0.5) is 0 Å². The van der Waals surface area contributed by atoms with Gasteiger partial charge in [-0.05, 0) is 43.9 Å². The summed E-state index contributed by atoms with van der Waals surface area (Å²) in [7, 11) is 1.68. The van der Waals surface area contributed by atoms with Gasteiger partial charge in [0.15, 0.2) is 0 Å². The maximum absolute atomic E-state index is 12.3.